The summed E-state index contributed by atoms with van der Waals surface area (Å²) in [4.78, 5) is 24.8. The Kier molecular flexibility index (Phi) is 7.34. The lowest BCUT2D eigenvalue weighted by Gasteiger charge is -2.26. The summed E-state index contributed by atoms with van der Waals surface area (Å²) in [6.45, 7) is 9.87. The highest BCUT2D eigenvalue weighted by molar-refractivity contribution is 5.80. The Hall–Kier alpha value is -3.80. The molecule has 0 fully saturated rings. The number of hydrogen-bond donors (Lipinski definition) is 1. The van der Waals surface area contributed by atoms with Gasteiger partial charge in [0.1, 0.15) is 12.4 Å². The molecule has 188 valence electrons. The molecule has 0 saturated heterocycles. The summed E-state index contributed by atoms with van der Waals surface area (Å²) in [7, 11) is 0. The van der Waals surface area contributed by atoms with Gasteiger partial charge in [0.2, 0.25) is 0 Å². The van der Waals surface area contributed by atoms with Crippen LogP contribution in [0.4, 0.5) is 4.79 Å². The number of amides is 1. The van der Waals surface area contributed by atoms with Crippen molar-refractivity contribution in [2.24, 2.45) is 0 Å². The molecule has 36 heavy (non-hydrogen) atoms. The zero-order chi connectivity index (χ0) is 25.9. The van der Waals surface area contributed by atoms with Gasteiger partial charge in [-0.25, -0.2) is 9.59 Å². The Morgan fingerprint density at radius 2 is 1.44 bits per heavy atom. The van der Waals surface area contributed by atoms with Crippen molar-refractivity contribution in [3.8, 4) is 16.9 Å². The largest absolute Gasteiger partial charge is 0.476 e. The number of esters is 1. The normalized spacial score (nSPS) is 12.5. The van der Waals surface area contributed by atoms with Gasteiger partial charge >= 0.3 is 12.1 Å². The second-order valence-corrected chi connectivity index (χ2v) is 9.57. The van der Waals surface area contributed by atoms with Gasteiger partial charge in [-0.05, 0) is 73.6 Å². The van der Waals surface area contributed by atoms with Gasteiger partial charge in [0.15, 0.2) is 5.60 Å². The molecule has 0 heterocycles. The molecule has 0 bridgehead atoms. The van der Waals surface area contributed by atoms with Gasteiger partial charge in [0, 0.05) is 12.5 Å². The van der Waals surface area contributed by atoms with E-state index in [1.165, 1.54) is 22.3 Å². The van der Waals surface area contributed by atoms with Crippen LogP contribution in [0.15, 0.2) is 60.7 Å². The number of carbonyl (C=O) groups excluding carboxylic acids is 2. The number of rotatable bonds is 8. The molecular formula is C30H33NO5. The number of benzene rings is 3. The van der Waals surface area contributed by atoms with Crippen LogP contribution in [0.2, 0.25) is 0 Å². The van der Waals surface area contributed by atoms with Crippen molar-refractivity contribution in [3.63, 3.8) is 0 Å². The van der Waals surface area contributed by atoms with Gasteiger partial charge in [-0.15, -0.1) is 0 Å². The van der Waals surface area contributed by atoms with Crippen molar-refractivity contribution in [1.82, 2.24) is 5.32 Å². The molecule has 1 N–H and O–H groups in total. The summed E-state index contributed by atoms with van der Waals surface area (Å²) in [5, 5.41) is 2.85. The molecule has 0 saturated carbocycles. The fourth-order valence-corrected chi connectivity index (χ4v) is 4.73. The molecule has 0 unspecified atom stereocenters. The van der Waals surface area contributed by atoms with Crippen LogP contribution >= 0.6 is 0 Å². The van der Waals surface area contributed by atoms with Crippen molar-refractivity contribution in [2.75, 3.05) is 13.2 Å². The predicted octanol–water partition coefficient (Wildman–Crippen LogP) is 6.06. The summed E-state index contributed by atoms with van der Waals surface area (Å²) >= 11 is 0. The first-order chi connectivity index (χ1) is 17.2. The van der Waals surface area contributed by atoms with Crippen LogP contribution in [0, 0.1) is 13.8 Å². The van der Waals surface area contributed by atoms with Crippen molar-refractivity contribution in [2.45, 2.75) is 52.7 Å². The molecule has 0 atom stereocenters. The highest BCUT2D eigenvalue weighted by Gasteiger charge is 2.33. The van der Waals surface area contributed by atoms with Gasteiger partial charge in [0.25, 0.3) is 0 Å². The van der Waals surface area contributed by atoms with Crippen LogP contribution in [0.3, 0.4) is 0 Å². The first-order valence-corrected chi connectivity index (χ1v) is 12.3. The third-order valence-corrected chi connectivity index (χ3v) is 6.42. The Bertz CT molecular complexity index is 1210. The maximum absolute atomic E-state index is 12.5. The fraction of sp³-hybridized carbons (Fsp3) is 0.333. The molecule has 6 nitrogen and oxygen atoms in total. The zero-order valence-electron chi connectivity index (χ0n) is 21.5. The molecule has 0 aromatic heterocycles. The monoisotopic (exact) mass is 487 g/mol. The van der Waals surface area contributed by atoms with E-state index in [1.807, 2.05) is 50.2 Å². The van der Waals surface area contributed by atoms with Crippen molar-refractivity contribution < 1.29 is 23.8 Å². The molecule has 1 aliphatic carbocycles. The first kappa shape index (κ1) is 25.3. The Morgan fingerprint density at radius 3 is 2.00 bits per heavy atom. The summed E-state index contributed by atoms with van der Waals surface area (Å²) in [5.41, 5.74) is 6.31. The van der Waals surface area contributed by atoms with Gasteiger partial charge < -0.3 is 19.5 Å². The predicted molar refractivity (Wildman–Crippen MR) is 139 cm³/mol. The van der Waals surface area contributed by atoms with E-state index in [1.54, 1.807) is 20.8 Å². The minimum absolute atomic E-state index is 0.0202. The Balaban J connectivity index is 1.37. The topological polar surface area (TPSA) is 73.9 Å². The smallest absolute Gasteiger partial charge is 0.407 e. The van der Waals surface area contributed by atoms with E-state index >= 15 is 0 Å². The zero-order valence-corrected chi connectivity index (χ0v) is 21.5. The molecule has 1 amide bonds. The number of carbonyl (C=O) groups is 2. The van der Waals surface area contributed by atoms with Crippen LogP contribution in [0.1, 0.15) is 54.5 Å². The number of alkyl carbamates (subject to hydrolysis) is 1. The minimum atomic E-state index is -1.10. The second-order valence-electron chi connectivity index (χ2n) is 9.57. The lowest BCUT2D eigenvalue weighted by Crippen LogP contribution is -2.40. The number of aryl methyl sites for hydroxylation is 2. The van der Waals surface area contributed by atoms with Gasteiger partial charge in [-0.3, -0.25) is 0 Å². The van der Waals surface area contributed by atoms with Gasteiger partial charge in [0.05, 0.1) is 6.61 Å². The molecule has 3 aromatic rings. The van der Waals surface area contributed by atoms with Gasteiger partial charge in [-0.2, -0.15) is 0 Å². The van der Waals surface area contributed by atoms with Crippen LogP contribution in [0.5, 0.6) is 5.75 Å². The van der Waals surface area contributed by atoms with E-state index in [0.29, 0.717) is 18.9 Å². The number of fused-ring (bicyclic) bond motifs is 3. The van der Waals surface area contributed by atoms with Crippen molar-refractivity contribution in [1.29, 1.82) is 0 Å². The van der Waals surface area contributed by atoms with Crippen LogP contribution in [-0.2, 0) is 20.8 Å². The van der Waals surface area contributed by atoms with Crippen LogP contribution in [-0.4, -0.2) is 30.9 Å². The van der Waals surface area contributed by atoms with Crippen LogP contribution in [0.25, 0.3) is 11.1 Å². The molecular weight excluding hydrogens is 454 g/mol. The van der Waals surface area contributed by atoms with E-state index in [2.05, 4.69) is 29.6 Å². The molecule has 3 aromatic carbocycles. The molecule has 0 spiro atoms. The summed E-state index contributed by atoms with van der Waals surface area (Å²) in [6.07, 6.45) is -0.462. The van der Waals surface area contributed by atoms with E-state index in [-0.39, 0.29) is 12.5 Å². The third kappa shape index (κ3) is 5.23. The molecule has 4 rings (SSSR count). The lowest BCUT2D eigenvalue weighted by atomic mass is 9.98. The summed E-state index contributed by atoms with van der Waals surface area (Å²) < 4.78 is 16.8. The average Bonchev–Trinajstić information content (AvgIpc) is 3.17. The van der Waals surface area contributed by atoms with E-state index in [0.717, 1.165) is 16.7 Å². The SMILES string of the molecule is CCOC(=O)C(C)(C)Oc1c(C)cc(CNC(=O)OCC2c3ccccc3-c3ccccc32)cc1C. The quantitative estimate of drug-likeness (QED) is 0.391. The highest BCUT2D eigenvalue weighted by Crippen LogP contribution is 2.44. The van der Waals surface area contributed by atoms with Crippen molar-refractivity contribution >= 4 is 12.1 Å². The molecule has 1 aliphatic rings. The lowest BCUT2D eigenvalue weighted by molar-refractivity contribution is -0.158. The molecule has 0 radical (unpaired) electrons. The number of ether oxygens (including phenoxy) is 3. The van der Waals surface area contributed by atoms with E-state index in [4.69, 9.17) is 14.2 Å². The molecule has 0 aliphatic heterocycles. The molecule has 6 heteroatoms. The highest BCUT2D eigenvalue weighted by atomic mass is 16.6. The Labute approximate surface area is 212 Å². The Morgan fingerprint density at radius 1 is 0.889 bits per heavy atom. The number of hydrogen-bond acceptors (Lipinski definition) is 5. The fourth-order valence-electron chi connectivity index (χ4n) is 4.73. The van der Waals surface area contributed by atoms with E-state index in [9.17, 15) is 9.59 Å². The second kappa shape index (κ2) is 10.4. The average molecular weight is 488 g/mol. The maximum Gasteiger partial charge on any atom is 0.407 e. The van der Waals surface area contributed by atoms with Gasteiger partial charge in [-0.1, -0.05) is 60.7 Å². The standard InChI is InChI=1S/C30H33NO5/c1-6-34-28(32)30(4,5)36-27-19(2)15-21(16-20(27)3)17-31-29(33)35-18-26-24-13-9-7-11-22(24)23-12-8-10-14-25(23)26/h7-16,26H,6,17-18H2,1-5H3,(H,31,33). The minimum Gasteiger partial charge on any atom is -0.476 e. The van der Waals surface area contributed by atoms with E-state index < -0.39 is 17.7 Å². The summed E-state index contributed by atoms with van der Waals surface area (Å²) in [5.74, 6) is 0.245. The van der Waals surface area contributed by atoms with Crippen molar-refractivity contribution in [3.05, 3.63) is 88.5 Å². The third-order valence-electron chi connectivity index (χ3n) is 6.42. The summed E-state index contributed by atoms with van der Waals surface area (Å²) in [6, 6.07) is 20.4. The maximum atomic E-state index is 12.5. The first-order valence-electron chi connectivity index (χ1n) is 12.3. The van der Waals surface area contributed by atoms with Crippen LogP contribution < -0.4 is 10.1 Å². The number of nitrogens with one attached hydrogen (secondary N) is 1.